The first kappa shape index (κ1) is 14.4. The molecule has 2 atom stereocenters. The van der Waals surface area contributed by atoms with Gasteiger partial charge < -0.3 is 10.4 Å². The van der Waals surface area contributed by atoms with E-state index in [0.717, 1.165) is 5.56 Å². The number of aromatic nitrogens is 2. The van der Waals surface area contributed by atoms with E-state index in [-0.39, 0.29) is 10.4 Å². The third kappa shape index (κ3) is 2.42. The molecule has 0 saturated carbocycles. The summed E-state index contributed by atoms with van der Waals surface area (Å²) < 4.78 is 32.4. The van der Waals surface area contributed by atoms with Crippen molar-refractivity contribution < 1.29 is 18.2 Å². The normalized spacial score (nSPS) is 23.0. The highest BCUT2D eigenvalue weighted by Gasteiger charge is 2.32. The molecule has 0 radical (unpaired) electrons. The molecule has 0 bridgehead atoms. The summed E-state index contributed by atoms with van der Waals surface area (Å²) in [6.45, 7) is 4.25. The second kappa shape index (κ2) is 5.02. The Hall–Kier alpha value is -1.55. The summed E-state index contributed by atoms with van der Waals surface area (Å²) in [5.41, 5.74) is 1.99. The van der Waals surface area contributed by atoms with Crippen LogP contribution in [0.3, 0.4) is 0 Å². The molecule has 0 aliphatic carbocycles. The second-order valence-electron chi connectivity index (χ2n) is 5.25. The Bertz CT molecular complexity index is 786. The molecule has 0 amide bonds. The zero-order valence-electron chi connectivity index (χ0n) is 11.6. The van der Waals surface area contributed by atoms with Crippen molar-refractivity contribution in [2.75, 3.05) is 13.1 Å². The van der Waals surface area contributed by atoms with Crippen molar-refractivity contribution in [1.29, 1.82) is 0 Å². The number of β-amino-alcohol motifs (C(OH)–C–C–N with tert-alkyl or cyclic N) is 1. The van der Waals surface area contributed by atoms with Crippen molar-refractivity contribution >= 4 is 21.1 Å². The van der Waals surface area contributed by atoms with Crippen molar-refractivity contribution in [3.8, 4) is 0 Å². The highest BCUT2D eigenvalue weighted by atomic mass is 32.2. The topological polar surface area (TPSA) is 117 Å². The van der Waals surface area contributed by atoms with E-state index in [1.807, 2.05) is 6.92 Å². The molecule has 0 spiro atoms. The third-order valence-corrected chi connectivity index (χ3v) is 5.29. The standard InChI is InChI=1S/C12H16N4O4S/c1-6-3-7(2)12(11-10(6)14-20-15-11)21(18,19)16-8-4-13-5-9(8)17/h3,8-9,13,16-17H,4-5H2,1-2H3/t8-,9-/m1/s1. The van der Waals surface area contributed by atoms with Crippen LogP contribution in [-0.2, 0) is 10.0 Å². The van der Waals surface area contributed by atoms with E-state index < -0.39 is 22.2 Å². The van der Waals surface area contributed by atoms with E-state index >= 15 is 0 Å². The number of hydrogen-bond acceptors (Lipinski definition) is 7. The highest BCUT2D eigenvalue weighted by Crippen LogP contribution is 2.27. The zero-order chi connectivity index (χ0) is 15.2. The van der Waals surface area contributed by atoms with Crippen LogP contribution in [0.5, 0.6) is 0 Å². The monoisotopic (exact) mass is 312 g/mol. The largest absolute Gasteiger partial charge is 0.390 e. The van der Waals surface area contributed by atoms with Crippen LogP contribution in [-0.4, -0.2) is 49.1 Å². The molecule has 1 aliphatic heterocycles. The van der Waals surface area contributed by atoms with E-state index in [4.69, 9.17) is 0 Å². The molecule has 2 heterocycles. The molecule has 1 fully saturated rings. The third-order valence-electron chi connectivity index (χ3n) is 3.63. The summed E-state index contributed by atoms with van der Waals surface area (Å²) in [4.78, 5) is 0.0449. The molecule has 1 saturated heterocycles. The van der Waals surface area contributed by atoms with Gasteiger partial charge in [0.2, 0.25) is 10.0 Å². The molecule has 1 aromatic carbocycles. The molecule has 21 heavy (non-hydrogen) atoms. The van der Waals surface area contributed by atoms with Crippen LogP contribution in [0, 0.1) is 13.8 Å². The predicted molar refractivity (Wildman–Crippen MR) is 74.3 cm³/mol. The molecule has 1 aliphatic rings. The smallest absolute Gasteiger partial charge is 0.243 e. The van der Waals surface area contributed by atoms with Gasteiger partial charge in [0.15, 0.2) is 5.52 Å². The van der Waals surface area contributed by atoms with Gasteiger partial charge in [-0.1, -0.05) is 6.07 Å². The average Bonchev–Trinajstić information content (AvgIpc) is 2.99. The summed E-state index contributed by atoms with van der Waals surface area (Å²) in [7, 11) is -3.83. The summed E-state index contributed by atoms with van der Waals surface area (Å²) >= 11 is 0. The number of nitrogens with one attached hydrogen (secondary N) is 2. The maximum absolute atomic E-state index is 12.6. The van der Waals surface area contributed by atoms with Gasteiger partial charge in [0, 0.05) is 13.1 Å². The number of benzene rings is 1. The van der Waals surface area contributed by atoms with Gasteiger partial charge in [0.25, 0.3) is 0 Å². The molecule has 0 unspecified atom stereocenters. The summed E-state index contributed by atoms with van der Waals surface area (Å²) in [6.07, 6.45) is -0.753. The van der Waals surface area contributed by atoms with Crippen LogP contribution in [0.4, 0.5) is 0 Å². The Kier molecular flexibility index (Phi) is 3.44. The number of aliphatic hydroxyl groups excluding tert-OH is 1. The zero-order valence-corrected chi connectivity index (χ0v) is 12.4. The van der Waals surface area contributed by atoms with Gasteiger partial charge in [-0.25, -0.2) is 17.8 Å². The van der Waals surface area contributed by atoms with Gasteiger partial charge in [-0.3, -0.25) is 0 Å². The van der Waals surface area contributed by atoms with Crippen molar-refractivity contribution in [3.63, 3.8) is 0 Å². The first-order valence-corrected chi connectivity index (χ1v) is 8.02. The van der Waals surface area contributed by atoms with E-state index in [1.165, 1.54) is 0 Å². The Balaban J connectivity index is 2.08. The van der Waals surface area contributed by atoms with Crippen molar-refractivity contribution in [2.45, 2.75) is 30.9 Å². The minimum absolute atomic E-state index is 0.0449. The molecular formula is C12H16N4O4S. The van der Waals surface area contributed by atoms with Gasteiger partial charge in [0.05, 0.1) is 12.1 Å². The lowest BCUT2D eigenvalue weighted by atomic mass is 10.1. The molecule has 1 aromatic heterocycles. The van der Waals surface area contributed by atoms with Gasteiger partial charge in [-0.05, 0) is 35.3 Å². The van der Waals surface area contributed by atoms with E-state index in [2.05, 4.69) is 25.0 Å². The van der Waals surface area contributed by atoms with Crippen molar-refractivity contribution in [3.05, 3.63) is 17.2 Å². The van der Waals surface area contributed by atoms with Crippen LogP contribution in [0.15, 0.2) is 15.6 Å². The number of rotatable bonds is 3. The molecule has 2 aromatic rings. The number of fused-ring (bicyclic) bond motifs is 1. The molecule has 3 rings (SSSR count). The maximum Gasteiger partial charge on any atom is 0.243 e. The number of sulfonamides is 1. The number of aryl methyl sites for hydroxylation is 2. The van der Waals surface area contributed by atoms with Crippen molar-refractivity contribution in [1.82, 2.24) is 20.4 Å². The summed E-state index contributed by atoms with van der Waals surface area (Å²) in [6, 6.07) is 1.16. The predicted octanol–water partition coefficient (Wildman–Crippen LogP) is -0.549. The van der Waals surface area contributed by atoms with Crippen LogP contribution < -0.4 is 10.0 Å². The first-order valence-electron chi connectivity index (χ1n) is 6.54. The van der Waals surface area contributed by atoms with Crippen LogP contribution in [0.1, 0.15) is 11.1 Å². The van der Waals surface area contributed by atoms with Gasteiger partial charge >= 0.3 is 0 Å². The Morgan fingerprint density at radius 1 is 1.29 bits per heavy atom. The van der Waals surface area contributed by atoms with Gasteiger partial charge in [-0.2, -0.15) is 0 Å². The average molecular weight is 312 g/mol. The minimum atomic E-state index is -3.83. The van der Waals surface area contributed by atoms with Crippen LogP contribution in [0.25, 0.3) is 11.0 Å². The van der Waals surface area contributed by atoms with Crippen molar-refractivity contribution in [2.24, 2.45) is 0 Å². The molecule has 3 N–H and O–H groups in total. The molecule has 9 heteroatoms. The molecule has 8 nitrogen and oxygen atoms in total. The van der Waals surface area contributed by atoms with E-state index in [1.54, 1.807) is 13.0 Å². The van der Waals surface area contributed by atoms with Crippen LogP contribution >= 0.6 is 0 Å². The quantitative estimate of drug-likeness (QED) is 0.696. The minimum Gasteiger partial charge on any atom is -0.390 e. The maximum atomic E-state index is 12.6. The van der Waals surface area contributed by atoms with Crippen LogP contribution in [0.2, 0.25) is 0 Å². The number of nitrogens with zero attached hydrogens (tertiary/aromatic N) is 2. The fraction of sp³-hybridized carbons (Fsp3) is 0.500. The van der Waals surface area contributed by atoms with Gasteiger partial charge in [0.1, 0.15) is 10.4 Å². The second-order valence-corrected chi connectivity index (χ2v) is 6.91. The lowest BCUT2D eigenvalue weighted by Gasteiger charge is -2.17. The first-order chi connectivity index (χ1) is 9.90. The Morgan fingerprint density at radius 3 is 2.67 bits per heavy atom. The summed E-state index contributed by atoms with van der Waals surface area (Å²) in [5.74, 6) is 0. The number of hydrogen-bond donors (Lipinski definition) is 3. The Labute approximate surface area is 121 Å². The lowest BCUT2D eigenvalue weighted by molar-refractivity contribution is 0.173. The fourth-order valence-electron chi connectivity index (χ4n) is 2.62. The molecule has 114 valence electrons. The SMILES string of the molecule is Cc1cc(C)c2nonc2c1S(=O)(=O)N[C@@H]1CNC[C@H]1O. The molecular weight excluding hydrogens is 296 g/mol. The van der Waals surface area contributed by atoms with E-state index in [0.29, 0.717) is 24.2 Å². The number of aliphatic hydroxyl groups is 1. The Morgan fingerprint density at radius 2 is 2.00 bits per heavy atom. The van der Waals surface area contributed by atoms with Gasteiger partial charge in [-0.15, -0.1) is 0 Å². The highest BCUT2D eigenvalue weighted by molar-refractivity contribution is 7.89. The fourth-order valence-corrected chi connectivity index (χ4v) is 4.25. The summed E-state index contributed by atoms with van der Waals surface area (Å²) in [5, 5.41) is 20.1. The van der Waals surface area contributed by atoms with E-state index in [9.17, 15) is 13.5 Å². The lowest BCUT2D eigenvalue weighted by Crippen LogP contribution is -2.42.